The van der Waals surface area contributed by atoms with Crippen LogP contribution < -0.4 is 25.8 Å². The molecule has 4 rings (SSSR count). The molecule has 0 saturated carbocycles. The molecule has 1 aliphatic rings. The molecule has 254 valence electrons. The summed E-state index contributed by atoms with van der Waals surface area (Å²) in [5.41, 5.74) is -9.09. The summed E-state index contributed by atoms with van der Waals surface area (Å²) in [5.74, 6) is -37.1. The maximum absolute atomic E-state index is 14.8. The number of fused-ring (bicyclic) bond motifs is 1. The normalized spacial score (nSPS) is 19.5. The van der Waals surface area contributed by atoms with Gasteiger partial charge in [-0.3, -0.25) is 0 Å². The van der Waals surface area contributed by atoms with E-state index in [2.05, 4.69) is 25.7 Å². The molecular weight excluding hydrogens is 711 g/mol. The van der Waals surface area contributed by atoms with Crippen LogP contribution in [-0.4, -0.2) is 134 Å². The molecule has 1 aliphatic heterocycles. The summed E-state index contributed by atoms with van der Waals surface area (Å²) in [6.45, 7) is 0. The number of nitrogens with zero attached hydrogens (tertiary/aromatic N) is 1. The fraction of sp³-hybridized carbons (Fsp3) is 0.333. The predicted molar refractivity (Wildman–Crippen MR) is 139 cm³/mol. The minimum atomic E-state index is -5.33. The fourth-order valence-electron chi connectivity index (χ4n) is 4.42. The molecule has 0 amide bonds. The number of aliphatic hydroxyl groups is 11. The molecular formula is C21H22BrFN4O19. The van der Waals surface area contributed by atoms with Gasteiger partial charge in [-0.25, -0.2) is 14.5 Å². The maximum atomic E-state index is 14.8. The van der Waals surface area contributed by atoms with Crippen molar-refractivity contribution in [2.45, 2.75) is 35.0 Å². The molecule has 2 aromatic carbocycles. The third-order valence-electron chi connectivity index (χ3n) is 6.84. The van der Waals surface area contributed by atoms with Crippen molar-refractivity contribution in [2.75, 3.05) is 12.4 Å². The molecule has 3 aromatic rings. The summed E-state index contributed by atoms with van der Waals surface area (Å²) < 4.78 is 23.4. The van der Waals surface area contributed by atoms with Gasteiger partial charge in [0, 0.05) is 0 Å². The van der Waals surface area contributed by atoms with Gasteiger partial charge in [-0.15, -0.1) is 0 Å². The Morgan fingerprint density at radius 1 is 0.826 bits per heavy atom. The number of nitrogens with one attached hydrogen (secondary N) is 3. The van der Waals surface area contributed by atoms with Gasteiger partial charge in [-0.05, 0) is 15.9 Å². The highest BCUT2D eigenvalue weighted by Crippen LogP contribution is 2.56. The van der Waals surface area contributed by atoms with Crippen LogP contribution in [0.3, 0.4) is 0 Å². The van der Waals surface area contributed by atoms with Gasteiger partial charge in [0.05, 0.1) is 12.5 Å². The van der Waals surface area contributed by atoms with Crippen molar-refractivity contribution in [1.82, 2.24) is 15.3 Å². The SMILES string of the molecule is COc1c(OC(O)(O)C2(O)C(O)(O)C(O)(O)NC(O)(O)C2(O)O)c(O)c2[nH]c(=O)nc(Nc3c(O)c(O)c(Br)c(O)c3F)c2c1O. The van der Waals surface area contributed by atoms with Crippen LogP contribution in [0.5, 0.6) is 40.2 Å². The molecule has 46 heavy (non-hydrogen) atoms. The van der Waals surface area contributed by atoms with E-state index in [-0.39, 0.29) is 0 Å². The second kappa shape index (κ2) is 10.2. The second-order valence-corrected chi connectivity index (χ2v) is 10.4. The number of piperidine rings is 1. The lowest BCUT2D eigenvalue weighted by Crippen LogP contribution is -2.97. The number of phenols is 5. The summed E-state index contributed by atoms with van der Waals surface area (Å²) >= 11 is 2.60. The molecule has 0 radical (unpaired) electrons. The van der Waals surface area contributed by atoms with Gasteiger partial charge in [-0.1, -0.05) is 0 Å². The molecule has 0 atom stereocenters. The Labute approximate surface area is 257 Å². The van der Waals surface area contributed by atoms with Crippen LogP contribution in [0.15, 0.2) is 9.27 Å². The van der Waals surface area contributed by atoms with Crippen LogP contribution in [0.25, 0.3) is 10.9 Å². The molecule has 25 heteroatoms. The molecule has 0 aliphatic carbocycles. The van der Waals surface area contributed by atoms with E-state index < -0.39 is 114 Å². The van der Waals surface area contributed by atoms with Crippen molar-refractivity contribution in [2.24, 2.45) is 0 Å². The minimum Gasteiger partial charge on any atom is -0.504 e. The number of aromatic hydroxyl groups is 5. The average molecular weight is 733 g/mol. The number of benzene rings is 2. The quantitative estimate of drug-likeness (QED) is 0.0637. The van der Waals surface area contributed by atoms with Crippen molar-refractivity contribution in [3.8, 4) is 40.2 Å². The second-order valence-electron chi connectivity index (χ2n) is 9.61. The molecule has 23 nitrogen and oxygen atoms in total. The standard InChI is InChI=1S/C21H22BrFN4O19/c1-45-12-7(28)2-5(25-15(33)26-14(2)24-6-4(23)8(29)3(22)9(30)10(6)31)11(32)13(12)46-21(43,44)16(34)17(35,36)19(39,40)27-20(41,42)18(16,37)38/h27-32,34-44H,1H3,(H2,24,25,26,33). The van der Waals surface area contributed by atoms with Gasteiger partial charge in [0.2, 0.25) is 11.5 Å². The highest BCUT2D eigenvalue weighted by Gasteiger charge is 2.89. The first-order valence-electron chi connectivity index (χ1n) is 11.6. The molecule has 0 bridgehead atoms. The van der Waals surface area contributed by atoms with E-state index >= 15 is 0 Å². The summed E-state index contributed by atoms with van der Waals surface area (Å²) in [4.78, 5) is 17.5. The first kappa shape index (κ1) is 34.8. The van der Waals surface area contributed by atoms with Crippen molar-refractivity contribution in [1.29, 1.82) is 0 Å². The van der Waals surface area contributed by atoms with Gasteiger partial charge in [-0.2, -0.15) is 4.98 Å². The number of anilines is 2. The van der Waals surface area contributed by atoms with Crippen molar-refractivity contribution in [3.05, 3.63) is 20.8 Å². The molecule has 1 aromatic heterocycles. The highest BCUT2D eigenvalue weighted by molar-refractivity contribution is 9.10. The Bertz CT molecular complexity index is 1770. The lowest BCUT2D eigenvalue weighted by atomic mass is 9.74. The smallest absolute Gasteiger partial charge is 0.364 e. The van der Waals surface area contributed by atoms with Gasteiger partial charge >= 0.3 is 11.7 Å². The number of hydrogen-bond donors (Lipinski definition) is 19. The van der Waals surface area contributed by atoms with Crippen LogP contribution >= 0.6 is 15.9 Å². The van der Waals surface area contributed by atoms with E-state index in [1.54, 1.807) is 4.98 Å². The minimum absolute atomic E-state index is 0.659. The largest absolute Gasteiger partial charge is 0.504 e. The van der Waals surface area contributed by atoms with Crippen LogP contribution in [-0.2, 0) is 0 Å². The molecule has 19 N–H and O–H groups in total. The zero-order chi connectivity index (χ0) is 35.3. The van der Waals surface area contributed by atoms with E-state index in [0.717, 1.165) is 0 Å². The number of halogens is 2. The van der Waals surface area contributed by atoms with Crippen LogP contribution in [0.4, 0.5) is 15.9 Å². The summed E-state index contributed by atoms with van der Waals surface area (Å²) in [6, 6.07) is 0. The summed E-state index contributed by atoms with van der Waals surface area (Å²) in [6.07, 6.45) is 0. The number of rotatable bonds is 6. The van der Waals surface area contributed by atoms with Gasteiger partial charge in [0.15, 0.2) is 34.6 Å². The van der Waals surface area contributed by atoms with E-state index in [1.807, 2.05) is 5.32 Å². The lowest BCUT2D eigenvalue weighted by molar-refractivity contribution is -0.596. The number of aromatic nitrogens is 2. The Morgan fingerprint density at radius 3 is 1.85 bits per heavy atom. The zero-order valence-electron chi connectivity index (χ0n) is 22.1. The van der Waals surface area contributed by atoms with Crippen LogP contribution in [0.2, 0.25) is 0 Å². The average Bonchev–Trinajstić information content (AvgIpc) is 2.93. The summed E-state index contributed by atoms with van der Waals surface area (Å²) in [5, 5.41) is 166. The highest BCUT2D eigenvalue weighted by atomic mass is 79.9. The van der Waals surface area contributed by atoms with Crippen molar-refractivity contribution < 1.29 is 95.6 Å². The number of methoxy groups -OCH3 is 1. The van der Waals surface area contributed by atoms with E-state index in [9.17, 15) is 90.9 Å². The predicted octanol–water partition coefficient (Wildman–Crippen LogP) is -5.90. The monoisotopic (exact) mass is 732 g/mol. The Morgan fingerprint density at radius 2 is 1.35 bits per heavy atom. The van der Waals surface area contributed by atoms with Crippen LogP contribution in [0.1, 0.15) is 0 Å². The third-order valence-corrected chi connectivity index (χ3v) is 7.59. The number of H-pyrrole nitrogens is 1. The van der Waals surface area contributed by atoms with E-state index in [1.165, 1.54) is 0 Å². The lowest BCUT2D eigenvalue weighted by Gasteiger charge is -2.60. The van der Waals surface area contributed by atoms with Gasteiger partial charge < -0.3 is 101 Å². The molecule has 0 spiro atoms. The van der Waals surface area contributed by atoms with Crippen molar-refractivity contribution >= 4 is 38.3 Å². The number of ether oxygens (including phenoxy) is 2. The maximum Gasteiger partial charge on any atom is 0.364 e. The number of phenolic OH excluding ortho intramolecular Hbond substituents is 5. The third kappa shape index (κ3) is 4.35. The van der Waals surface area contributed by atoms with Crippen LogP contribution in [0, 0.1) is 5.82 Å². The fourth-order valence-corrected chi connectivity index (χ4v) is 4.78. The van der Waals surface area contributed by atoms with Gasteiger partial charge in [0.25, 0.3) is 29.0 Å². The van der Waals surface area contributed by atoms with E-state index in [4.69, 9.17) is 4.74 Å². The molecule has 1 saturated heterocycles. The molecule has 0 unspecified atom stereocenters. The number of hydrogen-bond acceptors (Lipinski definition) is 22. The first-order valence-corrected chi connectivity index (χ1v) is 12.4. The Balaban J connectivity index is 1.99. The molecule has 1 fully saturated rings. The topological polar surface area (TPSA) is 412 Å². The summed E-state index contributed by atoms with van der Waals surface area (Å²) in [7, 11) is 0.662. The molecule has 2 heterocycles. The van der Waals surface area contributed by atoms with Crippen molar-refractivity contribution in [3.63, 3.8) is 0 Å². The first-order chi connectivity index (χ1) is 20.7. The zero-order valence-corrected chi connectivity index (χ0v) is 23.7. The van der Waals surface area contributed by atoms with Gasteiger partial charge in [0.1, 0.15) is 21.5 Å². The number of aromatic amines is 1. The van der Waals surface area contributed by atoms with E-state index in [0.29, 0.717) is 12.4 Å². The Hall–Kier alpha value is -4.09. The Kier molecular flexibility index (Phi) is 7.71.